The van der Waals surface area contributed by atoms with Crippen LogP contribution in [-0.2, 0) is 7.05 Å². The number of nitrogens with zero attached hydrogens (tertiary/aromatic N) is 14. The number of aromatic nitrogens is 14. The van der Waals surface area contributed by atoms with E-state index in [1.807, 2.05) is 78.1 Å². The highest BCUT2D eigenvalue weighted by molar-refractivity contribution is 14.1. The Morgan fingerprint density at radius 3 is 1.23 bits per heavy atom. The highest BCUT2D eigenvalue weighted by atomic mass is 127. The Labute approximate surface area is 577 Å². The zero-order valence-electron chi connectivity index (χ0n) is 50.1. The van der Waals surface area contributed by atoms with Crippen LogP contribution in [0.2, 0.25) is 0 Å². The van der Waals surface area contributed by atoms with Crippen molar-refractivity contribution in [3.05, 3.63) is 265 Å². The van der Waals surface area contributed by atoms with Gasteiger partial charge in [-0.25, -0.2) is 82.4 Å². The molecule has 16 rings (SSSR count). The molecule has 14 nitrogen and oxygen atoms in total. The van der Waals surface area contributed by atoms with E-state index in [0.717, 1.165) is 68.1 Å². The molecule has 0 bridgehead atoms. The van der Waals surface area contributed by atoms with Crippen LogP contribution in [0.25, 0.3) is 65.6 Å². The molecule has 95 heavy (non-hydrogen) atoms. The maximum atomic E-state index is 13.5. The minimum atomic E-state index is -0.312. The molecule has 1 aliphatic rings. The molecule has 0 saturated heterocycles. The van der Waals surface area contributed by atoms with Gasteiger partial charge >= 0.3 is 0 Å². The molecule has 1 fully saturated rings. The van der Waals surface area contributed by atoms with Crippen molar-refractivity contribution in [1.29, 1.82) is 0 Å². The fourth-order valence-corrected chi connectivity index (χ4v) is 14.8. The lowest BCUT2D eigenvalue weighted by molar-refractivity contribution is 0.629. The maximum absolute atomic E-state index is 13.5. The molecule has 8 aromatic carbocycles. The fourth-order valence-electron chi connectivity index (χ4n) is 9.63. The number of hydrogen-bond acceptors (Lipinski definition) is 18. The third-order valence-corrected chi connectivity index (χ3v) is 20.3. The number of rotatable bonds is 11. The Hall–Kier alpha value is -9.05. The second-order valence-corrected chi connectivity index (χ2v) is 27.3. The molecule has 7 heterocycles. The monoisotopic (exact) mass is 1460 g/mol. The largest absolute Gasteiger partial charge is 0.329 e. The van der Waals surface area contributed by atoms with Gasteiger partial charge in [0.15, 0.2) is 10.3 Å². The Kier molecular flexibility index (Phi) is 22.5. The highest BCUT2D eigenvalue weighted by Gasteiger charge is 2.19. The lowest BCUT2D eigenvalue weighted by atomic mass is 10.1. The summed E-state index contributed by atoms with van der Waals surface area (Å²) < 4.78 is 56.5. The number of halogens is 5. The van der Waals surface area contributed by atoms with Crippen molar-refractivity contribution in [1.82, 2.24) is 69.4 Å². The summed E-state index contributed by atoms with van der Waals surface area (Å²) in [5, 5.41) is 10.2. The predicted octanol–water partition coefficient (Wildman–Crippen LogP) is 19.1. The van der Waals surface area contributed by atoms with Gasteiger partial charge in [-0.3, -0.25) is 0 Å². The lowest BCUT2D eigenvalue weighted by Gasteiger charge is -2.09. The Bertz CT molecular complexity index is 4950. The molecule has 0 atom stereocenters. The maximum Gasteiger partial charge on any atom is 0.193 e. The van der Waals surface area contributed by atoms with Gasteiger partial charge in [-0.05, 0) is 191 Å². The Morgan fingerprint density at radius 1 is 0.368 bits per heavy atom. The van der Waals surface area contributed by atoms with Crippen LogP contribution in [0.4, 0.5) is 17.6 Å². The molecule has 1 saturated carbocycles. The van der Waals surface area contributed by atoms with Crippen molar-refractivity contribution >= 4 is 136 Å². The summed E-state index contributed by atoms with van der Waals surface area (Å²) in [5.41, 5.74) is 6.33. The minimum Gasteiger partial charge on any atom is -0.329 e. The third-order valence-electron chi connectivity index (χ3n) is 14.2. The van der Waals surface area contributed by atoms with Gasteiger partial charge in [0.25, 0.3) is 0 Å². The first kappa shape index (κ1) is 66.0. The van der Waals surface area contributed by atoms with E-state index >= 15 is 0 Å². The predicted molar refractivity (Wildman–Crippen MR) is 378 cm³/mol. The SMILES string of the molecule is Cn1ccnc1Sc1ncnc2ccc(F)cc12.Fc1ccc2ncnc(Sc3ccc(-c4ccccc4)cc3)c2c1.Fc1ccc2ncnc(Sc3ccccc3)c2c1.Fc1ccc2ncnc(Sc3ncccn3)c2c1.Ic1ccc2ncnc(SC3CCCC3)c2c1. The van der Waals surface area contributed by atoms with Crippen LogP contribution in [0.3, 0.4) is 0 Å². The number of benzene rings is 8. The zero-order chi connectivity index (χ0) is 65.3. The van der Waals surface area contributed by atoms with Gasteiger partial charge in [-0.1, -0.05) is 97.0 Å². The number of thioether (sulfide) groups is 1. The van der Waals surface area contributed by atoms with E-state index in [9.17, 15) is 17.6 Å². The van der Waals surface area contributed by atoms with Crippen molar-refractivity contribution in [3.63, 3.8) is 0 Å². The standard InChI is InChI=1S/C20H13FN2S.C14H9FN2S.C13H13IN2S.C12H9FN4S.C12H7FN4S/c21-16-8-11-19-18(12-16)20(23-13-22-19)24-17-9-6-15(7-10-17)14-4-2-1-3-5-14;15-10-6-7-13-12(8-10)14(17-9-16-13)18-11-4-2-1-3-5-11;14-9-5-6-12-11(7-9)13(16-8-15-12)17-10-3-1-2-4-10;1-17-5-4-14-12(17)18-11-9-6-8(13)2-3-10(9)15-7-16-11;13-8-2-3-10-9(6-8)11(17-7-16-10)18-12-14-4-1-5-15-12/h1-13H;1-9H;5-8,10H,1-4H2;2-7H,1H3;1-7H. The normalized spacial score (nSPS) is 11.9. The second kappa shape index (κ2) is 32.4. The fraction of sp³-hybridized carbons (Fsp3) is 0.0845. The molecule has 7 aromatic heterocycles. The smallest absolute Gasteiger partial charge is 0.193 e. The van der Waals surface area contributed by atoms with Crippen molar-refractivity contribution in [2.75, 3.05) is 0 Å². The number of imidazole rings is 1. The van der Waals surface area contributed by atoms with E-state index in [1.54, 1.807) is 55.2 Å². The van der Waals surface area contributed by atoms with Gasteiger partial charge in [-0.15, -0.1) is 11.8 Å². The topological polar surface area (TPSA) is 172 Å². The van der Waals surface area contributed by atoms with Gasteiger partial charge in [0.05, 0.1) is 27.6 Å². The van der Waals surface area contributed by atoms with Crippen LogP contribution in [-0.4, -0.2) is 74.6 Å². The van der Waals surface area contributed by atoms with E-state index in [4.69, 9.17) is 0 Å². The zero-order valence-corrected chi connectivity index (χ0v) is 56.4. The lowest BCUT2D eigenvalue weighted by Crippen LogP contribution is -1.96. The van der Waals surface area contributed by atoms with Gasteiger partial charge in [0.1, 0.15) is 80.0 Å². The van der Waals surface area contributed by atoms with Crippen molar-refractivity contribution in [2.45, 2.75) is 76.2 Å². The highest BCUT2D eigenvalue weighted by Crippen LogP contribution is 2.38. The van der Waals surface area contributed by atoms with Crippen LogP contribution < -0.4 is 0 Å². The molecular formula is C71H51F4IN14S5. The van der Waals surface area contributed by atoms with E-state index < -0.39 is 0 Å². The quantitative estimate of drug-likeness (QED) is 0.0517. The summed E-state index contributed by atoms with van der Waals surface area (Å²) >= 11 is 9.98. The molecule has 0 unspecified atom stereocenters. The van der Waals surface area contributed by atoms with Crippen LogP contribution in [0.5, 0.6) is 0 Å². The van der Waals surface area contributed by atoms with Crippen molar-refractivity contribution in [2.24, 2.45) is 7.05 Å². The summed E-state index contributed by atoms with van der Waals surface area (Å²) in [6.45, 7) is 0. The average molecular weight is 1460 g/mol. The molecule has 0 spiro atoms. The first-order valence-corrected chi connectivity index (χ1v) is 34.6. The van der Waals surface area contributed by atoms with Crippen LogP contribution in [0.15, 0.2) is 284 Å². The average Bonchev–Trinajstić information content (AvgIpc) is 1.31. The summed E-state index contributed by atoms with van der Waals surface area (Å²) in [7, 11) is 1.90. The van der Waals surface area contributed by atoms with Crippen LogP contribution in [0, 0.1) is 26.8 Å². The first-order chi connectivity index (χ1) is 46.5. The van der Waals surface area contributed by atoms with Crippen molar-refractivity contribution in [3.8, 4) is 11.1 Å². The molecule has 0 amide bonds. The summed E-state index contributed by atoms with van der Waals surface area (Å²) in [6, 6.07) is 54.5. The number of fused-ring (bicyclic) bond motifs is 5. The first-order valence-electron chi connectivity index (χ1n) is 29.4. The molecule has 0 aliphatic heterocycles. The van der Waals surface area contributed by atoms with Crippen LogP contribution >= 0.6 is 81.4 Å². The molecule has 470 valence electrons. The summed E-state index contributed by atoms with van der Waals surface area (Å²) in [4.78, 5) is 56.7. The molecule has 1 aliphatic carbocycles. The summed E-state index contributed by atoms with van der Waals surface area (Å²) in [5.74, 6) is -1.15. The number of hydrogen-bond donors (Lipinski definition) is 0. The van der Waals surface area contributed by atoms with E-state index in [0.29, 0.717) is 31.5 Å². The van der Waals surface area contributed by atoms with Crippen LogP contribution in [0.1, 0.15) is 25.7 Å². The molecule has 0 radical (unpaired) electrons. The molecule has 24 heteroatoms. The molecule has 0 N–H and O–H groups in total. The van der Waals surface area contributed by atoms with Gasteiger partial charge in [0, 0.05) is 77.4 Å². The van der Waals surface area contributed by atoms with E-state index in [2.05, 4.69) is 142 Å². The van der Waals surface area contributed by atoms with Gasteiger partial charge < -0.3 is 4.57 Å². The third kappa shape index (κ3) is 17.9. The molecular weight excluding hydrogens is 1410 g/mol. The minimum absolute atomic E-state index is 0.271. The second-order valence-electron chi connectivity index (χ2n) is 20.7. The Morgan fingerprint density at radius 2 is 0.768 bits per heavy atom. The van der Waals surface area contributed by atoms with Crippen molar-refractivity contribution < 1.29 is 17.6 Å². The molecule has 15 aromatic rings. The Balaban J connectivity index is 0.000000114. The van der Waals surface area contributed by atoms with Gasteiger partial charge in [-0.2, -0.15) is 0 Å². The summed E-state index contributed by atoms with van der Waals surface area (Å²) in [6.07, 6.45) is 19.9. The number of aryl methyl sites for hydroxylation is 1. The van der Waals surface area contributed by atoms with Gasteiger partial charge in [0.2, 0.25) is 0 Å². The van der Waals surface area contributed by atoms with E-state index in [-0.39, 0.29) is 23.3 Å². The van der Waals surface area contributed by atoms with E-state index in [1.165, 1.54) is 167 Å².